The minimum absolute atomic E-state index is 0.321. The minimum Gasteiger partial charge on any atom is -0.394 e. The summed E-state index contributed by atoms with van der Waals surface area (Å²) in [6.45, 7) is 2.91. The molecule has 0 spiro atoms. The molecule has 5 atom stereocenters. The molecule has 1 amide bonds. The summed E-state index contributed by atoms with van der Waals surface area (Å²) in [5.41, 5.74) is 0. The number of carbonyl (C=O) groups is 1. The van der Waals surface area contributed by atoms with E-state index < -0.39 is 37.3 Å². The highest BCUT2D eigenvalue weighted by atomic mass is 16.7. The third-order valence-electron chi connectivity index (χ3n) is 2.58. The van der Waals surface area contributed by atoms with E-state index in [2.05, 4.69) is 5.32 Å². The Kier molecular flexibility index (Phi) is 5.29. The van der Waals surface area contributed by atoms with Crippen LogP contribution in [0.2, 0.25) is 0 Å². The summed E-state index contributed by atoms with van der Waals surface area (Å²) in [7, 11) is 0. The molecule has 1 aliphatic heterocycles. The SMILES string of the molecule is CCO[C@@H]1OC(CO)[C@@H](O)C(O)[C@@H]1NC(C)=O. The van der Waals surface area contributed by atoms with Crippen molar-refractivity contribution in [2.24, 2.45) is 0 Å². The maximum absolute atomic E-state index is 11.0. The Morgan fingerprint density at radius 1 is 1.41 bits per heavy atom. The molecule has 0 aromatic heterocycles. The lowest BCUT2D eigenvalue weighted by atomic mass is 9.97. The van der Waals surface area contributed by atoms with Crippen LogP contribution in [0.3, 0.4) is 0 Å². The van der Waals surface area contributed by atoms with Gasteiger partial charge in [0.1, 0.15) is 24.4 Å². The largest absolute Gasteiger partial charge is 0.394 e. The Labute approximate surface area is 99.3 Å². The quantitative estimate of drug-likeness (QED) is 0.457. The number of amides is 1. The zero-order chi connectivity index (χ0) is 13.0. The van der Waals surface area contributed by atoms with Gasteiger partial charge in [-0.05, 0) is 6.92 Å². The summed E-state index contributed by atoms with van der Waals surface area (Å²) in [5.74, 6) is -0.364. The van der Waals surface area contributed by atoms with Gasteiger partial charge in [-0.2, -0.15) is 0 Å². The van der Waals surface area contributed by atoms with Gasteiger partial charge in [0.05, 0.1) is 6.61 Å². The summed E-state index contributed by atoms with van der Waals surface area (Å²) in [5, 5.41) is 31.0. The van der Waals surface area contributed by atoms with Crippen LogP contribution in [0.1, 0.15) is 13.8 Å². The van der Waals surface area contributed by atoms with Gasteiger partial charge in [-0.3, -0.25) is 4.79 Å². The van der Waals surface area contributed by atoms with Crippen LogP contribution < -0.4 is 5.32 Å². The van der Waals surface area contributed by atoms with Crippen molar-refractivity contribution in [1.29, 1.82) is 0 Å². The average Bonchev–Trinajstić information content (AvgIpc) is 2.28. The molecule has 0 aromatic carbocycles. The van der Waals surface area contributed by atoms with Gasteiger partial charge in [0.15, 0.2) is 6.29 Å². The van der Waals surface area contributed by atoms with Crippen LogP contribution in [0.25, 0.3) is 0 Å². The smallest absolute Gasteiger partial charge is 0.217 e. The first-order chi connectivity index (χ1) is 8.01. The number of nitrogens with one attached hydrogen (secondary N) is 1. The third-order valence-corrected chi connectivity index (χ3v) is 2.58. The lowest BCUT2D eigenvalue weighted by Crippen LogP contribution is -2.64. The molecule has 7 heteroatoms. The molecule has 0 saturated carbocycles. The summed E-state index contributed by atoms with van der Waals surface area (Å²) in [4.78, 5) is 11.0. The van der Waals surface area contributed by atoms with Gasteiger partial charge >= 0.3 is 0 Å². The summed E-state index contributed by atoms with van der Waals surface area (Å²) >= 11 is 0. The maximum atomic E-state index is 11.0. The molecule has 0 radical (unpaired) electrons. The lowest BCUT2D eigenvalue weighted by molar-refractivity contribution is -0.268. The van der Waals surface area contributed by atoms with E-state index in [1.165, 1.54) is 6.92 Å². The molecule has 1 rings (SSSR count). The number of hydrogen-bond acceptors (Lipinski definition) is 6. The van der Waals surface area contributed by atoms with Crippen molar-refractivity contribution in [2.75, 3.05) is 13.2 Å². The molecule has 4 N–H and O–H groups in total. The molecule has 0 bridgehead atoms. The van der Waals surface area contributed by atoms with Gasteiger partial charge in [-0.1, -0.05) is 0 Å². The number of carbonyl (C=O) groups excluding carboxylic acids is 1. The van der Waals surface area contributed by atoms with Crippen LogP contribution >= 0.6 is 0 Å². The molecule has 1 aliphatic rings. The summed E-state index contributed by atoms with van der Waals surface area (Å²) < 4.78 is 10.5. The number of rotatable bonds is 4. The van der Waals surface area contributed by atoms with Crippen molar-refractivity contribution in [1.82, 2.24) is 5.32 Å². The first-order valence-corrected chi connectivity index (χ1v) is 5.52. The van der Waals surface area contributed by atoms with Gasteiger partial charge in [0, 0.05) is 13.5 Å². The highest BCUT2D eigenvalue weighted by molar-refractivity contribution is 5.73. The number of hydrogen-bond donors (Lipinski definition) is 4. The highest BCUT2D eigenvalue weighted by Crippen LogP contribution is 2.21. The summed E-state index contributed by atoms with van der Waals surface area (Å²) in [6, 6.07) is -0.856. The van der Waals surface area contributed by atoms with Crippen LogP contribution in [-0.2, 0) is 14.3 Å². The van der Waals surface area contributed by atoms with Crippen molar-refractivity contribution < 1.29 is 29.6 Å². The molecule has 2 unspecified atom stereocenters. The van der Waals surface area contributed by atoms with Gasteiger partial charge < -0.3 is 30.1 Å². The standard InChI is InChI=1S/C10H19NO6/c1-3-16-10-7(11-5(2)13)9(15)8(14)6(4-12)17-10/h6-10,12,14-15H,3-4H2,1-2H3,(H,11,13)/t6?,7-,8+,9?,10+/m0/s1. The molecule has 7 nitrogen and oxygen atoms in total. The Morgan fingerprint density at radius 2 is 2.06 bits per heavy atom. The fraction of sp³-hybridized carbons (Fsp3) is 0.900. The van der Waals surface area contributed by atoms with E-state index in [1.807, 2.05) is 0 Å². The molecule has 0 aromatic rings. The minimum atomic E-state index is -1.27. The Hall–Kier alpha value is -0.730. The Morgan fingerprint density at radius 3 is 2.53 bits per heavy atom. The Bertz CT molecular complexity index is 261. The van der Waals surface area contributed by atoms with Gasteiger partial charge in [0.25, 0.3) is 0 Å². The van der Waals surface area contributed by atoms with E-state index in [-0.39, 0.29) is 5.91 Å². The van der Waals surface area contributed by atoms with Gasteiger partial charge in [-0.15, -0.1) is 0 Å². The van der Waals surface area contributed by atoms with Crippen molar-refractivity contribution in [3.05, 3.63) is 0 Å². The van der Waals surface area contributed by atoms with Crippen LogP contribution in [0.5, 0.6) is 0 Å². The number of aliphatic hydroxyl groups is 3. The van der Waals surface area contributed by atoms with Gasteiger partial charge in [0.2, 0.25) is 5.91 Å². The zero-order valence-electron chi connectivity index (χ0n) is 9.87. The molecule has 1 fully saturated rings. The molecule has 100 valence electrons. The number of ether oxygens (including phenoxy) is 2. The molecule has 17 heavy (non-hydrogen) atoms. The fourth-order valence-electron chi connectivity index (χ4n) is 1.78. The monoisotopic (exact) mass is 249 g/mol. The topological polar surface area (TPSA) is 108 Å². The second-order valence-electron chi connectivity index (χ2n) is 3.89. The van der Waals surface area contributed by atoms with Crippen molar-refractivity contribution >= 4 is 5.91 Å². The first kappa shape index (κ1) is 14.3. The highest BCUT2D eigenvalue weighted by Gasteiger charge is 2.45. The van der Waals surface area contributed by atoms with Crippen LogP contribution in [0, 0.1) is 0 Å². The molecular weight excluding hydrogens is 230 g/mol. The predicted octanol–water partition coefficient (Wildman–Crippen LogP) is -2.03. The fourth-order valence-corrected chi connectivity index (χ4v) is 1.78. The normalized spacial score (nSPS) is 37.8. The van der Waals surface area contributed by atoms with Crippen LogP contribution in [0.15, 0.2) is 0 Å². The van der Waals surface area contributed by atoms with Crippen LogP contribution in [0.4, 0.5) is 0 Å². The zero-order valence-corrected chi connectivity index (χ0v) is 9.87. The van der Waals surface area contributed by atoms with Crippen molar-refractivity contribution in [3.8, 4) is 0 Å². The van der Waals surface area contributed by atoms with Crippen molar-refractivity contribution in [3.63, 3.8) is 0 Å². The first-order valence-electron chi connectivity index (χ1n) is 5.52. The van der Waals surface area contributed by atoms with E-state index in [9.17, 15) is 15.0 Å². The van der Waals surface area contributed by atoms with E-state index in [0.29, 0.717) is 6.61 Å². The number of aliphatic hydroxyl groups excluding tert-OH is 3. The van der Waals surface area contributed by atoms with Crippen molar-refractivity contribution in [2.45, 2.75) is 44.5 Å². The maximum Gasteiger partial charge on any atom is 0.217 e. The van der Waals surface area contributed by atoms with E-state index in [0.717, 1.165) is 0 Å². The van der Waals surface area contributed by atoms with E-state index in [1.54, 1.807) is 6.92 Å². The average molecular weight is 249 g/mol. The Balaban J connectivity index is 2.78. The molecule has 1 saturated heterocycles. The van der Waals surface area contributed by atoms with E-state index in [4.69, 9.17) is 14.6 Å². The molecular formula is C10H19NO6. The van der Waals surface area contributed by atoms with Crippen LogP contribution in [-0.4, -0.2) is 65.1 Å². The van der Waals surface area contributed by atoms with E-state index >= 15 is 0 Å². The molecule has 1 heterocycles. The summed E-state index contributed by atoms with van der Waals surface area (Å²) in [6.07, 6.45) is -4.33. The third kappa shape index (κ3) is 3.36. The second kappa shape index (κ2) is 6.27. The molecule has 0 aliphatic carbocycles. The lowest BCUT2D eigenvalue weighted by Gasteiger charge is -2.42. The predicted molar refractivity (Wildman–Crippen MR) is 57.0 cm³/mol. The second-order valence-corrected chi connectivity index (χ2v) is 3.89. The van der Waals surface area contributed by atoms with Gasteiger partial charge in [-0.25, -0.2) is 0 Å².